The number of aliphatic hydroxyl groups is 2. The van der Waals surface area contributed by atoms with Crippen LogP contribution in [-0.2, 0) is 0 Å². The molecule has 1 aromatic heterocycles. The van der Waals surface area contributed by atoms with Gasteiger partial charge in [0.15, 0.2) is 5.76 Å². The molecule has 2 heterocycles. The number of allylic oxidation sites excluding steroid dienone is 4. The molecule has 3 aromatic rings. The number of hydrogen-bond acceptors (Lipinski definition) is 6. The highest BCUT2D eigenvalue weighted by molar-refractivity contribution is 6.30. The van der Waals surface area contributed by atoms with Gasteiger partial charge in [0.1, 0.15) is 0 Å². The Hall–Kier alpha value is -3.00. The van der Waals surface area contributed by atoms with Gasteiger partial charge in [-0.3, -0.25) is 14.6 Å². The molecule has 2 aromatic carbocycles. The summed E-state index contributed by atoms with van der Waals surface area (Å²) < 4.78 is 5.75. The summed E-state index contributed by atoms with van der Waals surface area (Å²) in [6, 6.07) is 22.7. The molecule has 7 aliphatic rings. The normalized spacial score (nSPS) is 39.5. The van der Waals surface area contributed by atoms with Crippen molar-refractivity contribution in [3.63, 3.8) is 0 Å². The van der Waals surface area contributed by atoms with Gasteiger partial charge in [-0.2, -0.15) is 0 Å². The molecule has 2 N–H and O–H groups in total. The van der Waals surface area contributed by atoms with Crippen molar-refractivity contribution < 1.29 is 19.4 Å². The summed E-state index contributed by atoms with van der Waals surface area (Å²) >= 11 is 6.29. The molecule has 1 saturated heterocycles. The smallest absolute Gasteiger partial charge is 0.224 e. The van der Waals surface area contributed by atoms with Crippen LogP contribution < -0.4 is 0 Å². The van der Waals surface area contributed by atoms with Crippen LogP contribution in [0.25, 0.3) is 0 Å². The largest absolute Gasteiger partial charge is 0.461 e. The van der Waals surface area contributed by atoms with Crippen LogP contribution in [0.1, 0.15) is 86.5 Å². The van der Waals surface area contributed by atoms with Crippen LogP contribution in [0.3, 0.4) is 0 Å². The summed E-state index contributed by atoms with van der Waals surface area (Å²) in [5.74, 6) is 0.759. The van der Waals surface area contributed by atoms with E-state index in [1.54, 1.807) is 18.4 Å². The number of piperazine rings is 1. The molecule has 2 spiro atoms. The predicted octanol–water partition coefficient (Wildman–Crippen LogP) is 8.11. The number of β-amino-alcohol motifs (C(OH)–C–C–N with tert-alkyl or cyclic N) is 1. The average Bonchev–Trinajstić information content (AvgIpc) is 3.77. The summed E-state index contributed by atoms with van der Waals surface area (Å²) in [5, 5.41) is 24.7. The Morgan fingerprint density at radius 1 is 0.863 bits per heavy atom. The molecule has 0 amide bonds. The van der Waals surface area contributed by atoms with E-state index < -0.39 is 11.0 Å². The zero-order valence-corrected chi connectivity index (χ0v) is 30.7. The Kier molecular flexibility index (Phi) is 7.96. The molecule has 7 heteroatoms. The fourth-order valence-corrected chi connectivity index (χ4v) is 12.7. The van der Waals surface area contributed by atoms with E-state index in [1.807, 2.05) is 12.1 Å². The highest BCUT2D eigenvalue weighted by Gasteiger charge is 2.74. The highest BCUT2D eigenvalue weighted by atomic mass is 35.5. The highest BCUT2D eigenvalue weighted by Crippen LogP contribution is 2.78. The average molecular weight is 707 g/mol. The van der Waals surface area contributed by atoms with Crippen molar-refractivity contribution in [2.24, 2.45) is 33.5 Å². The van der Waals surface area contributed by atoms with Gasteiger partial charge in [-0.05, 0) is 97.6 Å². The fourth-order valence-electron chi connectivity index (χ4n) is 12.6. The Morgan fingerprint density at radius 2 is 1.55 bits per heavy atom. The Bertz CT molecular complexity index is 1850. The summed E-state index contributed by atoms with van der Waals surface area (Å²) in [5.41, 5.74) is 1.28. The summed E-state index contributed by atoms with van der Waals surface area (Å²) in [6.07, 6.45) is 14.2. The van der Waals surface area contributed by atoms with Crippen LogP contribution in [0.5, 0.6) is 0 Å². The number of fused-ring (bicyclic) bond motifs is 1. The lowest BCUT2D eigenvalue weighted by Gasteiger charge is -2.71. The molecule has 6 nitrogen and oxygen atoms in total. The zero-order valence-electron chi connectivity index (χ0n) is 29.9. The maximum absolute atomic E-state index is 14.5. The van der Waals surface area contributed by atoms with E-state index in [4.69, 9.17) is 16.0 Å². The Balaban J connectivity index is 1.00. The SMILES string of the molecule is CC12CCC(O)CC13C=CC1(C(C(=O)c4ccco4)=C3)C2CCC2(C)C1CCC2(O)CN1CCN(C(c2ccccc2)c2ccc(Cl)cc2)CC1. The first-order valence-electron chi connectivity index (χ1n) is 19.2. The van der Waals surface area contributed by atoms with E-state index in [-0.39, 0.29) is 46.0 Å². The van der Waals surface area contributed by atoms with Gasteiger partial charge in [-0.15, -0.1) is 0 Å². The lowest BCUT2D eigenvalue weighted by molar-refractivity contribution is -0.177. The number of nitrogens with zero attached hydrogens (tertiary/aromatic N) is 2. The van der Waals surface area contributed by atoms with Crippen molar-refractivity contribution in [3.8, 4) is 0 Å². The quantitative estimate of drug-likeness (QED) is 0.191. The van der Waals surface area contributed by atoms with Crippen LogP contribution in [0.15, 0.2) is 101 Å². The molecule has 4 fully saturated rings. The van der Waals surface area contributed by atoms with Gasteiger partial charge in [0.05, 0.1) is 24.0 Å². The van der Waals surface area contributed by atoms with Gasteiger partial charge in [0, 0.05) is 59.6 Å². The number of ketones is 1. The minimum absolute atomic E-state index is 0.0275. The molecule has 1 aliphatic heterocycles. The monoisotopic (exact) mass is 706 g/mol. The molecule has 2 bridgehead atoms. The van der Waals surface area contributed by atoms with Crippen LogP contribution in [-0.4, -0.2) is 70.2 Å². The molecule has 9 atom stereocenters. The van der Waals surface area contributed by atoms with Crippen molar-refractivity contribution in [1.29, 1.82) is 0 Å². The standard InChI is InChI=1S/C44H51ClN2O4/c1-40-17-14-33(48)27-42(40)20-21-44(34(28-42)39(49)35-9-6-26-51-35)36(40)15-18-41(2)37(44)16-19-43(41,50)29-46-22-24-47(25-23-46)38(30-7-4-3-5-8-30)31-10-12-32(45)13-11-31/h3-13,20-21,26,28,33,36-38,48,50H,14-19,22-25,27,29H2,1-2H3. The van der Waals surface area contributed by atoms with E-state index in [9.17, 15) is 15.0 Å². The Morgan fingerprint density at radius 3 is 2.27 bits per heavy atom. The van der Waals surface area contributed by atoms with E-state index in [2.05, 4.69) is 84.3 Å². The molecule has 51 heavy (non-hydrogen) atoms. The number of aliphatic hydroxyl groups excluding tert-OH is 1. The van der Waals surface area contributed by atoms with Gasteiger partial charge < -0.3 is 14.6 Å². The van der Waals surface area contributed by atoms with Crippen molar-refractivity contribution >= 4 is 17.4 Å². The molecular formula is C44H51ClN2O4. The van der Waals surface area contributed by atoms with E-state index >= 15 is 0 Å². The number of halogens is 1. The van der Waals surface area contributed by atoms with Gasteiger partial charge in [0.2, 0.25) is 5.78 Å². The molecule has 0 radical (unpaired) electrons. The van der Waals surface area contributed by atoms with Crippen LogP contribution in [0, 0.1) is 33.5 Å². The number of benzene rings is 2. The van der Waals surface area contributed by atoms with Crippen LogP contribution in [0.4, 0.5) is 0 Å². The third-order valence-electron chi connectivity index (χ3n) is 15.3. The lowest BCUT2D eigenvalue weighted by Crippen LogP contribution is -2.67. The first kappa shape index (κ1) is 33.8. The van der Waals surface area contributed by atoms with E-state index in [1.165, 1.54) is 11.1 Å². The Labute approximate surface area is 307 Å². The molecule has 268 valence electrons. The number of furan rings is 1. The van der Waals surface area contributed by atoms with Crippen molar-refractivity contribution in [3.05, 3.63) is 119 Å². The summed E-state index contributed by atoms with van der Waals surface area (Å²) in [7, 11) is 0. The number of rotatable bonds is 7. The maximum atomic E-state index is 14.5. The van der Waals surface area contributed by atoms with Gasteiger partial charge in [-0.1, -0.05) is 86.1 Å². The second-order valence-corrected chi connectivity index (χ2v) is 17.7. The van der Waals surface area contributed by atoms with Crippen LogP contribution in [0.2, 0.25) is 5.02 Å². The van der Waals surface area contributed by atoms with Crippen molar-refractivity contribution in [1.82, 2.24) is 9.80 Å². The van der Waals surface area contributed by atoms with Crippen LogP contribution >= 0.6 is 11.6 Å². The first-order valence-corrected chi connectivity index (χ1v) is 19.6. The molecule has 3 saturated carbocycles. The predicted molar refractivity (Wildman–Crippen MR) is 199 cm³/mol. The zero-order chi connectivity index (χ0) is 35.2. The molecule has 10 rings (SSSR count). The molecule has 9 unspecified atom stereocenters. The van der Waals surface area contributed by atoms with Crippen molar-refractivity contribution in [2.45, 2.75) is 76.5 Å². The lowest BCUT2D eigenvalue weighted by atomic mass is 9.32. The number of carbonyl (C=O) groups excluding carboxylic acids is 1. The minimum Gasteiger partial charge on any atom is -0.461 e. The minimum atomic E-state index is -0.864. The second-order valence-electron chi connectivity index (χ2n) is 17.3. The number of Topliss-reactive ketones (excluding diaryl/α,β-unsaturated/α-hetero) is 1. The van der Waals surface area contributed by atoms with Crippen molar-refractivity contribution in [2.75, 3.05) is 32.7 Å². The third kappa shape index (κ3) is 4.86. The van der Waals surface area contributed by atoms with E-state index in [0.29, 0.717) is 18.7 Å². The van der Waals surface area contributed by atoms with Gasteiger partial charge in [-0.25, -0.2) is 0 Å². The molecular weight excluding hydrogens is 656 g/mol. The van der Waals surface area contributed by atoms with Gasteiger partial charge >= 0.3 is 0 Å². The second kappa shape index (κ2) is 12.0. The fraction of sp³-hybridized carbons (Fsp3) is 0.523. The topological polar surface area (TPSA) is 77.1 Å². The molecule has 6 aliphatic carbocycles. The third-order valence-corrected chi connectivity index (χ3v) is 15.5. The summed E-state index contributed by atoms with van der Waals surface area (Å²) in [4.78, 5) is 19.6. The number of hydrogen-bond donors (Lipinski definition) is 2. The number of carbonyl (C=O) groups is 1. The maximum Gasteiger partial charge on any atom is 0.224 e. The van der Waals surface area contributed by atoms with Gasteiger partial charge in [0.25, 0.3) is 0 Å². The van der Waals surface area contributed by atoms with E-state index in [0.717, 1.165) is 75.3 Å². The summed E-state index contributed by atoms with van der Waals surface area (Å²) in [6.45, 7) is 9.01. The first-order chi connectivity index (χ1) is 24.5.